The van der Waals surface area contributed by atoms with Gasteiger partial charge in [0.15, 0.2) is 0 Å². The van der Waals surface area contributed by atoms with Crippen LogP contribution in [0.5, 0.6) is 0 Å². The molecular formula is C15H15N3O3. The third kappa shape index (κ3) is 3.56. The number of aromatic carboxylic acids is 1. The molecule has 0 aliphatic rings. The van der Waals surface area contributed by atoms with E-state index in [1.165, 1.54) is 12.3 Å². The fourth-order valence-electron chi connectivity index (χ4n) is 1.74. The van der Waals surface area contributed by atoms with Crippen LogP contribution in [-0.4, -0.2) is 36.1 Å². The van der Waals surface area contributed by atoms with E-state index in [-0.39, 0.29) is 11.6 Å². The molecule has 21 heavy (non-hydrogen) atoms. The molecule has 0 aliphatic carbocycles. The van der Waals surface area contributed by atoms with E-state index in [9.17, 15) is 9.59 Å². The monoisotopic (exact) mass is 285 g/mol. The molecule has 0 spiro atoms. The van der Waals surface area contributed by atoms with Gasteiger partial charge in [0.1, 0.15) is 5.69 Å². The van der Waals surface area contributed by atoms with E-state index >= 15 is 0 Å². The third-order valence-electron chi connectivity index (χ3n) is 2.88. The summed E-state index contributed by atoms with van der Waals surface area (Å²) in [4.78, 5) is 28.5. The Labute approximate surface area is 122 Å². The zero-order valence-electron chi connectivity index (χ0n) is 11.7. The maximum Gasteiger partial charge on any atom is 0.354 e. The maximum absolute atomic E-state index is 12.1. The minimum atomic E-state index is -1.14. The number of benzene rings is 1. The lowest BCUT2D eigenvalue weighted by Gasteiger charge is -2.12. The summed E-state index contributed by atoms with van der Waals surface area (Å²) in [5.41, 5.74) is 1.76. The number of carboxylic acids is 1. The number of amides is 1. The van der Waals surface area contributed by atoms with Crippen molar-refractivity contribution in [1.29, 1.82) is 0 Å². The maximum atomic E-state index is 12.1. The summed E-state index contributed by atoms with van der Waals surface area (Å²) in [7, 11) is 3.83. The van der Waals surface area contributed by atoms with Crippen molar-refractivity contribution in [3.63, 3.8) is 0 Å². The zero-order chi connectivity index (χ0) is 15.4. The first-order valence-electron chi connectivity index (χ1n) is 6.25. The van der Waals surface area contributed by atoms with Crippen LogP contribution in [0, 0.1) is 0 Å². The van der Waals surface area contributed by atoms with Gasteiger partial charge in [-0.05, 0) is 36.4 Å². The van der Waals surface area contributed by atoms with Crippen molar-refractivity contribution in [2.24, 2.45) is 0 Å². The molecule has 2 aromatic rings. The van der Waals surface area contributed by atoms with Crippen molar-refractivity contribution in [3.05, 3.63) is 53.9 Å². The summed E-state index contributed by atoms with van der Waals surface area (Å²) in [5.74, 6) is -1.44. The van der Waals surface area contributed by atoms with Crippen LogP contribution in [0.4, 0.5) is 11.4 Å². The largest absolute Gasteiger partial charge is 0.477 e. The highest BCUT2D eigenvalue weighted by Gasteiger charge is 2.09. The average molecular weight is 285 g/mol. The lowest BCUT2D eigenvalue weighted by molar-refractivity contribution is 0.0690. The van der Waals surface area contributed by atoms with Crippen LogP contribution in [0.25, 0.3) is 0 Å². The summed E-state index contributed by atoms with van der Waals surface area (Å²) in [6.45, 7) is 0. The van der Waals surface area contributed by atoms with Gasteiger partial charge in [-0.25, -0.2) is 9.78 Å². The molecule has 0 unspecified atom stereocenters. The number of pyridine rings is 1. The lowest BCUT2D eigenvalue weighted by atomic mass is 10.2. The molecule has 0 saturated carbocycles. The van der Waals surface area contributed by atoms with Gasteiger partial charge >= 0.3 is 5.97 Å². The summed E-state index contributed by atoms with van der Waals surface area (Å²) in [5, 5.41) is 11.5. The van der Waals surface area contributed by atoms with Gasteiger partial charge in [0.05, 0.1) is 0 Å². The second kappa shape index (κ2) is 6.04. The Morgan fingerprint density at radius 3 is 2.38 bits per heavy atom. The van der Waals surface area contributed by atoms with Crippen LogP contribution in [0.2, 0.25) is 0 Å². The minimum absolute atomic E-state index is 0.115. The Hall–Kier alpha value is -2.89. The van der Waals surface area contributed by atoms with Gasteiger partial charge in [-0.3, -0.25) is 4.79 Å². The van der Waals surface area contributed by atoms with Crippen LogP contribution < -0.4 is 10.2 Å². The molecule has 1 aromatic carbocycles. The molecule has 0 aliphatic heterocycles. The van der Waals surface area contributed by atoms with Gasteiger partial charge in [-0.1, -0.05) is 0 Å². The number of carbonyl (C=O) groups is 2. The Bertz CT molecular complexity index is 666. The Balaban J connectivity index is 2.14. The fourth-order valence-corrected chi connectivity index (χ4v) is 1.74. The summed E-state index contributed by atoms with van der Waals surface area (Å²) >= 11 is 0. The van der Waals surface area contributed by atoms with Crippen LogP contribution >= 0.6 is 0 Å². The second-order valence-corrected chi connectivity index (χ2v) is 4.63. The number of hydrogen-bond acceptors (Lipinski definition) is 4. The van der Waals surface area contributed by atoms with Crippen molar-refractivity contribution in [2.45, 2.75) is 0 Å². The molecule has 6 heteroatoms. The molecule has 0 fully saturated rings. The van der Waals surface area contributed by atoms with Gasteiger partial charge in [-0.2, -0.15) is 0 Å². The first kappa shape index (κ1) is 14.5. The van der Waals surface area contributed by atoms with Crippen LogP contribution in [-0.2, 0) is 0 Å². The highest BCUT2D eigenvalue weighted by atomic mass is 16.4. The third-order valence-corrected chi connectivity index (χ3v) is 2.88. The van der Waals surface area contributed by atoms with Crippen LogP contribution in [0.3, 0.4) is 0 Å². The molecule has 6 nitrogen and oxygen atoms in total. The molecule has 0 radical (unpaired) electrons. The predicted molar refractivity (Wildman–Crippen MR) is 79.9 cm³/mol. The van der Waals surface area contributed by atoms with Crippen molar-refractivity contribution in [1.82, 2.24) is 4.98 Å². The summed E-state index contributed by atoms with van der Waals surface area (Å²) in [6, 6.07) is 9.95. The van der Waals surface area contributed by atoms with E-state index in [4.69, 9.17) is 5.11 Å². The minimum Gasteiger partial charge on any atom is -0.477 e. The standard InChI is InChI=1S/C15H15N3O3/c1-18(2)12-5-3-10(4-6-12)14(19)17-11-7-8-16-13(9-11)15(20)21/h3-9H,1-2H3,(H,20,21)(H,16,17,19). The summed E-state index contributed by atoms with van der Waals surface area (Å²) < 4.78 is 0. The molecule has 2 N–H and O–H groups in total. The number of aromatic nitrogens is 1. The fraction of sp³-hybridized carbons (Fsp3) is 0.133. The molecule has 1 heterocycles. The first-order chi connectivity index (χ1) is 9.97. The van der Waals surface area contributed by atoms with Gasteiger partial charge in [0, 0.05) is 37.2 Å². The molecule has 1 amide bonds. The first-order valence-corrected chi connectivity index (χ1v) is 6.25. The van der Waals surface area contributed by atoms with Gasteiger partial charge in [-0.15, -0.1) is 0 Å². The molecule has 0 atom stereocenters. The normalized spacial score (nSPS) is 10.0. The average Bonchev–Trinajstić information content (AvgIpc) is 2.47. The lowest BCUT2D eigenvalue weighted by Crippen LogP contribution is -2.13. The highest BCUT2D eigenvalue weighted by Crippen LogP contribution is 2.14. The number of hydrogen-bond donors (Lipinski definition) is 2. The van der Waals surface area contributed by atoms with Gasteiger partial charge < -0.3 is 15.3 Å². The Kier molecular flexibility index (Phi) is 4.18. The van der Waals surface area contributed by atoms with Gasteiger partial charge in [0.25, 0.3) is 5.91 Å². The molecule has 108 valence electrons. The topological polar surface area (TPSA) is 82.5 Å². The Morgan fingerprint density at radius 1 is 1.14 bits per heavy atom. The Morgan fingerprint density at radius 2 is 1.81 bits per heavy atom. The van der Waals surface area contributed by atoms with E-state index in [1.807, 2.05) is 31.1 Å². The number of nitrogens with one attached hydrogen (secondary N) is 1. The van der Waals surface area contributed by atoms with Crippen molar-refractivity contribution >= 4 is 23.3 Å². The second-order valence-electron chi connectivity index (χ2n) is 4.63. The number of nitrogens with zero attached hydrogens (tertiary/aromatic N) is 2. The quantitative estimate of drug-likeness (QED) is 0.899. The number of carbonyl (C=O) groups excluding carboxylic acids is 1. The van der Waals surface area contributed by atoms with Crippen molar-refractivity contribution in [2.75, 3.05) is 24.3 Å². The summed E-state index contributed by atoms with van der Waals surface area (Å²) in [6.07, 6.45) is 1.34. The molecule has 1 aromatic heterocycles. The van der Waals surface area contributed by atoms with Crippen LogP contribution in [0.15, 0.2) is 42.6 Å². The van der Waals surface area contributed by atoms with Crippen molar-refractivity contribution < 1.29 is 14.7 Å². The van der Waals surface area contributed by atoms with Gasteiger partial charge in [0.2, 0.25) is 0 Å². The van der Waals surface area contributed by atoms with Crippen LogP contribution in [0.1, 0.15) is 20.8 Å². The van der Waals surface area contributed by atoms with E-state index < -0.39 is 5.97 Å². The number of carboxylic acid groups (broad SMARTS) is 1. The van der Waals surface area contributed by atoms with E-state index in [0.29, 0.717) is 11.3 Å². The number of rotatable bonds is 4. The zero-order valence-corrected chi connectivity index (χ0v) is 11.7. The smallest absolute Gasteiger partial charge is 0.354 e. The van der Waals surface area contributed by atoms with E-state index in [0.717, 1.165) is 5.69 Å². The molecule has 0 bridgehead atoms. The van der Waals surface area contributed by atoms with Crippen molar-refractivity contribution in [3.8, 4) is 0 Å². The molecule has 2 rings (SSSR count). The molecule has 0 saturated heterocycles. The van der Waals surface area contributed by atoms with E-state index in [2.05, 4.69) is 10.3 Å². The van der Waals surface area contributed by atoms with E-state index in [1.54, 1.807) is 18.2 Å². The number of anilines is 2. The predicted octanol–water partition coefficient (Wildman–Crippen LogP) is 2.10. The SMILES string of the molecule is CN(C)c1ccc(C(=O)Nc2ccnc(C(=O)O)c2)cc1. The molecular weight excluding hydrogens is 270 g/mol. The highest BCUT2D eigenvalue weighted by molar-refractivity contribution is 6.04.